The molecule has 3 nitrogen and oxygen atoms in total. The van der Waals surface area contributed by atoms with Gasteiger partial charge in [-0.25, -0.2) is 0 Å². The number of rotatable bonds is 7. The molecule has 0 atom stereocenters. The molecule has 0 fully saturated rings. The Morgan fingerprint density at radius 3 is 1.34 bits per heavy atom. The summed E-state index contributed by atoms with van der Waals surface area (Å²) in [6, 6.07) is 102. The van der Waals surface area contributed by atoms with E-state index in [2.05, 4.69) is 289 Å². The van der Waals surface area contributed by atoms with Crippen molar-refractivity contribution in [3.8, 4) is 61.3 Å². The monoisotopic (exact) mass is 966 g/mol. The van der Waals surface area contributed by atoms with Crippen molar-refractivity contribution in [3.63, 3.8) is 0 Å². The standard InChI is InChI=1S/C73H46N2O/c1-3-19-47(20-4-1)54-28-15-31-60-61-32-16-29-55(72(61)76-71(54)60)49-41-45-52(46-42-49)74(51-43-39-48(40-44-51)53-27-17-37-67-69(53)62-26-10-14-36-66(62)75(67)50-21-5-2-6-22-50)68-38-18-30-59-58-25-9-13-35-65(58)73(70(59)68)63-33-11-7-23-56(63)57-24-8-12-34-64(57)73/h1-46H. The first-order chi connectivity index (χ1) is 37.7. The Balaban J connectivity index is 0.899. The molecular formula is C73H46N2O. The lowest BCUT2D eigenvalue weighted by atomic mass is 9.70. The van der Waals surface area contributed by atoms with Crippen molar-refractivity contribution in [1.82, 2.24) is 4.57 Å². The van der Waals surface area contributed by atoms with E-state index in [-0.39, 0.29) is 0 Å². The lowest BCUT2D eigenvalue weighted by Gasteiger charge is -2.36. The molecule has 1 spiro atoms. The van der Waals surface area contributed by atoms with Crippen molar-refractivity contribution in [1.29, 1.82) is 0 Å². The minimum Gasteiger partial charge on any atom is -0.455 e. The molecule has 354 valence electrons. The molecule has 14 aromatic rings. The number of nitrogens with zero attached hydrogens (tertiary/aromatic N) is 2. The Kier molecular flexibility index (Phi) is 9.25. The Morgan fingerprint density at radius 2 is 0.724 bits per heavy atom. The van der Waals surface area contributed by atoms with Gasteiger partial charge in [-0.05, 0) is 116 Å². The maximum Gasteiger partial charge on any atom is 0.143 e. The predicted molar refractivity (Wildman–Crippen MR) is 315 cm³/mol. The molecule has 12 aromatic carbocycles. The first-order valence-electron chi connectivity index (χ1n) is 26.2. The second-order valence-electron chi connectivity index (χ2n) is 20.2. The van der Waals surface area contributed by atoms with Gasteiger partial charge in [0.05, 0.1) is 22.1 Å². The van der Waals surface area contributed by atoms with Crippen LogP contribution in [0.2, 0.25) is 0 Å². The van der Waals surface area contributed by atoms with Crippen molar-refractivity contribution in [2.75, 3.05) is 4.90 Å². The highest BCUT2D eigenvalue weighted by Gasteiger charge is 2.53. The second-order valence-corrected chi connectivity index (χ2v) is 20.2. The van der Waals surface area contributed by atoms with Gasteiger partial charge in [-0.1, -0.05) is 224 Å². The summed E-state index contributed by atoms with van der Waals surface area (Å²) < 4.78 is 9.34. The largest absolute Gasteiger partial charge is 0.455 e. The third-order valence-corrected chi connectivity index (χ3v) is 16.4. The van der Waals surface area contributed by atoms with E-state index in [4.69, 9.17) is 4.42 Å². The van der Waals surface area contributed by atoms with Crippen molar-refractivity contribution in [2.45, 2.75) is 5.41 Å². The van der Waals surface area contributed by atoms with E-state index in [1.54, 1.807) is 0 Å². The van der Waals surface area contributed by atoms with Gasteiger partial charge >= 0.3 is 0 Å². The lowest BCUT2D eigenvalue weighted by molar-refractivity contribution is 0.671. The molecule has 0 unspecified atom stereocenters. The van der Waals surface area contributed by atoms with Crippen LogP contribution in [0, 0.1) is 0 Å². The Bertz CT molecular complexity index is 4560. The van der Waals surface area contributed by atoms with Gasteiger partial charge in [-0.2, -0.15) is 0 Å². The third kappa shape index (κ3) is 5.99. The molecule has 3 heteroatoms. The number of para-hydroxylation sites is 4. The quantitative estimate of drug-likeness (QED) is 0.159. The maximum absolute atomic E-state index is 6.94. The molecule has 16 rings (SSSR count). The van der Waals surface area contributed by atoms with Gasteiger partial charge in [0, 0.05) is 55.3 Å². The average molecular weight is 967 g/mol. The summed E-state index contributed by atoms with van der Waals surface area (Å²) in [6.45, 7) is 0. The van der Waals surface area contributed by atoms with Gasteiger partial charge in [0.25, 0.3) is 0 Å². The number of fused-ring (bicyclic) bond motifs is 16. The lowest BCUT2D eigenvalue weighted by Crippen LogP contribution is -2.28. The van der Waals surface area contributed by atoms with E-state index in [1.807, 2.05) is 0 Å². The molecule has 0 bridgehead atoms. The van der Waals surface area contributed by atoms with E-state index >= 15 is 0 Å². The summed E-state index contributed by atoms with van der Waals surface area (Å²) in [5.74, 6) is 0. The topological polar surface area (TPSA) is 21.3 Å². The highest BCUT2D eigenvalue weighted by Crippen LogP contribution is 2.65. The number of hydrogen-bond donors (Lipinski definition) is 0. The van der Waals surface area contributed by atoms with E-state index in [0.29, 0.717) is 0 Å². The zero-order chi connectivity index (χ0) is 49.9. The van der Waals surface area contributed by atoms with Gasteiger partial charge in [0.1, 0.15) is 11.2 Å². The third-order valence-electron chi connectivity index (χ3n) is 16.4. The zero-order valence-corrected chi connectivity index (χ0v) is 41.4. The summed E-state index contributed by atoms with van der Waals surface area (Å²) in [5, 5.41) is 4.71. The van der Waals surface area contributed by atoms with Crippen molar-refractivity contribution in [3.05, 3.63) is 301 Å². The molecule has 76 heavy (non-hydrogen) atoms. The van der Waals surface area contributed by atoms with Crippen LogP contribution in [0.3, 0.4) is 0 Å². The van der Waals surface area contributed by atoms with Crippen LogP contribution in [-0.2, 0) is 5.41 Å². The van der Waals surface area contributed by atoms with Gasteiger partial charge in [-0.3, -0.25) is 0 Å². The zero-order valence-electron chi connectivity index (χ0n) is 41.4. The molecule has 2 aliphatic rings. The minimum absolute atomic E-state index is 0.550. The van der Waals surface area contributed by atoms with Crippen LogP contribution in [-0.4, -0.2) is 4.57 Å². The fraction of sp³-hybridized carbons (Fsp3) is 0.0137. The molecule has 0 aliphatic heterocycles. The molecule has 0 N–H and O–H groups in total. The smallest absolute Gasteiger partial charge is 0.143 e. The summed E-state index contributed by atoms with van der Waals surface area (Å²) >= 11 is 0. The van der Waals surface area contributed by atoms with Gasteiger partial charge in [0.2, 0.25) is 0 Å². The normalized spacial score (nSPS) is 12.8. The van der Waals surface area contributed by atoms with Gasteiger partial charge in [-0.15, -0.1) is 0 Å². The summed E-state index contributed by atoms with van der Waals surface area (Å²) in [7, 11) is 0. The van der Waals surface area contributed by atoms with E-state index in [1.165, 1.54) is 71.9 Å². The van der Waals surface area contributed by atoms with Crippen molar-refractivity contribution >= 4 is 60.8 Å². The fourth-order valence-corrected chi connectivity index (χ4v) is 13.3. The Morgan fingerprint density at radius 1 is 0.303 bits per heavy atom. The Hall–Kier alpha value is -9.96. The molecular weight excluding hydrogens is 921 g/mol. The van der Waals surface area contributed by atoms with Crippen LogP contribution in [0.1, 0.15) is 22.3 Å². The fourth-order valence-electron chi connectivity index (χ4n) is 13.3. The van der Waals surface area contributed by atoms with Gasteiger partial charge < -0.3 is 13.9 Å². The van der Waals surface area contributed by atoms with Crippen molar-refractivity contribution < 1.29 is 4.42 Å². The summed E-state index contributed by atoms with van der Waals surface area (Å²) in [6.07, 6.45) is 0. The number of aromatic nitrogens is 1. The number of benzene rings is 12. The van der Waals surface area contributed by atoms with Crippen LogP contribution in [0.4, 0.5) is 17.1 Å². The first-order valence-corrected chi connectivity index (χ1v) is 26.2. The molecule has 2 aromatic heterocycles. The highest BCUT2D eigenvalue weighted by atomic mass is 16.3. The Labute approximate surface area is 440 Å². The van der Waals surface area contributed by atoms with E-state index in [9.17, 15) is 0 Å². The second kappa shape index (κ2) is 16.5. The summed E-state index contributed by atoms with van der Waals surface area (Å²) in [5.41, 5.74) is 25.1. The van der Waals surface area contributed by atoms with Crippen molar-refractivity contribution in [2.24, 2.45) is 0 Å². The molecule has 0 saturated heterocycles. The van der Waals surface area contributed by atoms with Crippen LogP contribution in [0.25, 0.3) is 105 Å². The molecule has 0 radical (unpaired) electrons. The average Bonchev–Trinajstić information content (AvgIpc) is 4.24. The first kappa shape index (κ1) is 42.5. The van der Waals surface area contributed by atoms with Crippen LogP contribution in [0.15, 0.2) is 283 Å². The molecule has 2 heterocycles. The summed E-state index contributed by atoms with van der Waals surface area (Å²) in [4.78, 5) is 2.50. The predicted octanol–water partition coefficient (Wildman–Crippen LogP) is 19.5. The molecule has 0 amide bonds. The number of furan rings is 1. The van der Waals surface area contributed by atoms with E-state index in [0.717, 1.165) is 72.5 Å². The molecule has 0 saturated carbocycles. The minimum atomic E-state index is -0.550. The van der Waals surface area contributed by atoms with Crippen LogP contribution in [0.5, 0.6) is 0 Å². The van der Waals surface area contributed by atoms with Gasteiger partial charge in [0.15, 0.2) is 0 Å². The van der Waals surface area contributed by atoms with Crippen LogP contribution < -0.4 is 4.90 Å². The maximum atomic E-state index is 6.94. The highest BCUT2D eigenvalue weighted by molar-refractivity contribution is 6.16. The number of anilines is 3. The number of hydrogen-bond acceptors (Lipinski definition) is 2. The SMILES string of the molecule is c1ccc(-c2cccc3c2oc2c(-c4ccc(N(c5ccc(-c6cccc7c6c6ccccc6n7-c6ccccc6)cc5)c5cccc6c5C5(c7ccccc7-c7ccccc75)c5ccccc5-6)cc4)cccc23)cc1. The van der Waals surface area contributed by atoms with E-state index < -0.39 is 5.41 Å². The van der Waals surface area contributed by atoms with Crippen LogP contribution >= 0.6 is 0 Å². The molecule has 2 aliphatic carbocycles.